The van der Waals surface area contributed by atoms with E-state index in [-0.39, 0.29) is 5.91 Å². The molecule has 0 aliphatic heterocycles. The van der Waals surface area contributed by atoms with Crippen LogP contribution < -0.4 is 5.32 Å². The molecule has 0 fully saturated rings. The second-order valence-electron chi connectivity index (χ2n) is 4.55. The van der Waals surface area contributed by atoms with Crippen molar-refractivity contribution in [1.29, 1.82) is 0 Å². The lowest BCUT2D eigenvalue weighted by molar-refractivity contribution is 0.0970. The molecular weight excluding hydrogens is 328 g/mol. The number of amides is 1. The van der Waals surface area contributed by atoms with Crippen molar-refractivity contribution in [2.75, 3.05) is 13.3 Å². The summed E-state index contributed by atoms with van der Waals surface area (Å²) in [6.07, 6.45) is 2.02. The number of amidine groups is 1. The molecule has 2 rings (SSSR count). The summed E-state index contributed by atoms with van der Waals surface area (Å²) in [6.45, 7) is 5.48. The second-order valence-corrected chi connectivity index (χ2v) is 6.38. The standard InChI is InChI=1S/C16H18N4OS2/c1-5-23-16(17-3)18-15(21)14-10-11(2)19-20(14)12-6-8-13(22-4)9-7-12/h5-10H,1H2,2-4H3,(H,17,18,21). The third-order valence-corrected chi connectivity index (χ3v) is 4.42. The van der Waals surface area contributed by atoms with Crippen molar-refractivity contribution in [1.82, 2.24) is 15.1 Å². The van der Waals surface area contributed by atoms with E-state index in [0.29, 0.717) is 10.9 Å². The first kappa shape index (κ1) is 17.4. The number of hydrogen-bond acceptors (Lipinski definition) is 5. The fourth-order valence-corrected chi connectivity index (χ4v) is 2.78. The van der Waals surface area contributed by atoms with Crippen LogP contribution in [0.3, 0.4) is 0 Å². The molecule has 0 saturated carbocycles. The van der Waals surface area contributed by atoms with Crippen molar-refractivity contribution in [2.24, 2.45) is 4.99 Å². The molecule has 0 aliphatic carbocycles. The minimum absolute atomic E-state index is 0.255. The van der Waals surface area contributed by atoms with Gasteiger partial charge in [0.05, 0.1) is 11.4 Å². The average Bonchev–Trinajstić information content (AvgIpc) is 2.96. The Labute approximate surface area is 144 Å². The van der Waals surface area contributed by atoms with Gasteiger partial charge in [0, 0.05) is 11.9 Å². The van der Waals surface area contributed by atoms with Crippen LogP contribution >= 0.6 is 23.5 Å². The Balaban J connectivity index is 2.32. The Hall–Kier alpha value is -1.99. The van der Waals surface area contributed by atoms with E-state index in [1.165, 1.54) is 11.8 Å². The van der Waals surface area contributed by atoms with Gasteiger partial charge in [-0.05, 0) is 48.9 Å². The van der Waals surface area contributed by atoms with Crippen molar-refractivity contribution in [3.05, 3.63) is 53.7 Å². The lowest BCUT2D eigenvalue weighted by Gasteiger charge is -2.09. The molecule has 5 nitrogen and oxygen atoms in total. The summed E-state index contributed by atoms with van der Waals surface area (Å²) in [5, 5.41) is 9.30. The highest BCUT2D eigenvalue weighted by Crippen LogP contribution is 2.19. The lowest BCUT2D eigenvalue weighted by atomic mass is 10.3. The number of benzene rings is 1. The minimum atomic E-state index is -0.255. The van der Waals surface area contributed by atoms with Crippen LogP contribution in [0.2, 0.25) is 0 Å². The molecule has 0 unspecified atom stereocenters. The van der Waals surface area contributed by atoms with E-state index in [1.807, 2.05) is 37.4 Å². The van der Waals surface area contributed by atoms with Gasteiger partial charge in [-0.2, -0.15) is 5.10 Å². The molecule has 0 radical (unpaired) electrons. The number of aryl methyl sites for hydroxylation is 1. The summed E-state index contributed by atoms with van der Waals surface area (Å²) in [5.74, 6) is -0.255. The van der Waals surface area contributed by atoms with E-state index in [0.717, 1.165) is 16.3 Å². The number of thioether (sulfide) groups is 2. The number of rotatable bonds is 4. The number of nitrogens with zero attached hydrogens (tertiary/aromatic N) is 3. The zero-order valence-corrected chi connectivity index (χ0v) is 14.9. The van der Waals surface area contributed by atoms with Crippen molar-refractivity contribution in [2.45, 2.75) is 11.8 Å². The highest BCUT2D eigenvalue weighted by Gasteiger charge is 2.16. The summed E-state index contributed by atoms with van der Waals surface area (Å²) in [6, 6.07) is 9.66. The van der Waals surface area contributed by atoms with Gasteiger partial charge in [0.15, 0.2) is 5.17 Å². The summed E-state index contributed by atoms with van der Waals surface area (Å²) in [5.41, 5.74) is 2.08. The predicted octanol–water partition coefficient (Wildman–Crippen LogP) is 3.49. The van der Waals surface area contributed by atoms with Crippen LogP contribution in [0.1, 0.15) is 16.2 Å². The fraction of sp³-hybridized carbons (Fsp3) is 0.188. The molecule has 7 heteroatoms. The van der Waals surface area contributed by atoms with Gasteiger partial charge >= 0.3 is 0 Å². The van der Waals surface area contributed by atoms with E-state index in [2.05, 4.69) is 22.0 Å². The normalized spacial score (nSPS) is 11.3. The van der Waals surface area contributed by atoms with Crippen LogP contribution in [-0.2, 0) is 0 Å². The van der Waals surface area contributed by atoms with Crippen LogP contribution in [0.5, 0.6) is 0 Å². The molecule has 0 bridgehead atoms. The van der Waals surface area contributed by atoms with E-state index in [4.69, 9.17) is 0 Å². The van der Waals surface area contributed by atoms with Crippen LogP contribution in [0.15, 0.2) is 52.2 Å². The van der Waals surface area contributed by atoms with E-state index < -0.39 is 0 Å². The van der Waals surface area contributed by atoms with Crippen LogP contribution in [0.25, 0.3) is 5.69 Å². The van der Waals surface area contributed by atoms with Gasteiger partial charge in [0.25, 0.3) is 5.91 Å². The largest absolute Gasteiger partial charge is 0.300 e. The third kappa shape index (κ3) is 4.27. The fourth-order valence-electron chi connectivity index (χ4n) is 1.96. The smallest absolute Gasteiger partial charge is 0.275 e. The number of nitrogens with one attached hydrogen (secondary N) is 1. The lowest BCUT2D eigenvalue weighted by Crippen LogP contribution is -2.29. The molecule has 1 aromatic carbocycles. The van der Waals surface area contributed by atoms with Crippen LogP contribution in [-0.4, -0.2) is 34.2 Å². The summed E-state index contributed by atoms with van der Waals surface area (Å²) < 4.78 is 1.64. The summed E-state index contributed by atoms with van der Waals surface area (Å²) in [7, 11) is 1.62. The van der Waals surface area contributed by atoms with Gasteiger partial charge in [-0.1, -0.05) is 18.3 Å². The highest BCUT2D eigenvalue weighted by atomic mass is 32.2. The topological polar surface area (TPSA) is 59.3 Å². The first-order valence-electron chi connectivity index (χ1n) is 6.85. The molecule has 2 aromatic rings. The highest BCUT2D eigenvalue weighted by molar-refractivity contribution is 8.16. The first-order chi connectivity index (χ1) is 11.1. The summed E-state index contributed by atoms with van der Waals surface area (Å²) >= 11 is 2.93. The third-order valence-electron chi connectivity index (χ3n) is 3.00. The maximum Gasteiger partial charge on any atom is 0.275 e. The van der Waals surface area contributed by atoms with Crippen molar-refractivity contribution >= 4 is 34.6 Å². The van der Waals surface area contributed by atoms with Gasteiger partial charge in [-0.25, -0.2) is 4.68 Å². The molecule has 1 amide bonds. The second kappa shape index (κ2) is 8.03. The number of carbonyl (C=O) groups is 1. The van der Waals surface area contributed by atoms with Gasteiger partial charge in [-0.3, -0.25) is 15.1 Å². The van der Waals surface area contributed by atoms with Gasteiger partial charge in [0.2, 0.25) is 0 Å². The molecule has 0 atom stereocenters. The first-order valence-corrected chi connectivity index (χ1v) is 8.96. The zero-order valence-electron chi connectivity index (χ0n) is 13.2. The maximum atomic E-state index is 12.5. The molecule has 120 valence electrons. The maximum absolute atomic E-state index is 12.5. The predicted molar refractivity (Wildman–Crippen MR) is 98.7 cm³/mol. The Kier molecular flexibility index (Phi) is 6.06. The molecule has 0 aliphatic rings. The van der Waals surface area contributed by atoms with E-state index in [1.54, 1.807) is 35.0 Å². The van der Waals surface area contributed by atoms with Gasteiger partial charge in [-0.15, -0.1) is 11.8 Å². The Morgan fingerprint density at radius 2 is 2.09 bits per heavy atom. The monoisotopic (exact) mass is 346 g/mol. The number of carbonyl (C=O) groups excluding carboxylic acids is 1. The molecule has 1 aromatic heterocycles. The molecule has 1 heterocycles. The Bertz CT molecular complexity index is 735. The molecule has 0 saturated heterocycles. The summed E-state index contributed by atoms with van der Waals surface area (Å²) in [4.78, 5) is 17.7. The zero-order chi connectivity index (χ0) is 16.8. The molecular formula is C16H18N4OS2. The number of hydrogen-bond donors (Lipinski definition) is 1. The Morgan fingerprint density at radius 1 is 1.39 bits per heavy atom. The Morgan fingerprint density at radius 3 is 2.65 bits per heavy atom. The molecule has 0 spiro atoms. The van der Waals surface area contributed by atoms with Crippen molar-refractivity contribution in [3.8, 4) is 5.69 Å². The minimum Gasteiger partial charge on any atom is -0.300 e. The van der Waals surface area contributed by atoms with Gasteiger partial charge in [0.1, 0.15) is 5.69 Å². The molecule has 1 N–H and O–H groups in total. The molecule has 23 heavy (non-hydrogen) atoms. The average molecular weight is 346 g/mol. The quantitative estimate of drug-likeness (QED) is 0.523. The van der Waals surface area contributed by atoms with Crippen molar-refractivity contribution < 1.29 is 4.79 Å². The van der Waals surface area contributed by atoms with E-state index in [9.17, 15) is 4.79 Å². The number of aromatic nitrogens is 2. The van der Waals surface area contributed by atoms with Crippen molar-refractivity contribution in [3.63, 3.8) is 0 Å². The van der Waals surface area contributed by atoms with Crippen LogP contribution in [0.4, 0.5) is 0 Å². The SMILES string of the molecule is C=CSC(=NC)NC(=O)c1cc(C)nn1-c1ccc(SC)cc1. The number of aliphatic imine (C=N–C) groups is 1. The van der Waals surface area contributed by atoms with Crippen LogP contribution in [0, 0.1) is 6.92 Å². The van der Waals surface area contributed by atoms with E-state index >= 15 is 0 Å². The van der Waals surface area contributed by atoms with Gasteiger partial charge < -0.3 is 0 Å².